The van der Waals surface area contributed by atoms with Crippen LogP contribution >= 0.6 is 0 Å². The molecule has 1 N–H and O–H groups in total. The lowest BCUT2D eigenvalue weighted by Gasteiger charge is -2.37. The molecule has 0 radical (unpaired) electrons. The molecule has 26 heavy (non-hydrogen) atoms. The number of amides is 1. The minimum Gasteiger partial charge on any atom is -0.481 e. The topological polar surface area (TPSA) is 83.9 Å². The minimum absolute atomic E-state index is 0.0773. The molecular weight excluding hydrogens is 334 g/mol. The molecule has 0 aromatic rings. The van der Waals surface area contributed by atoms with E-state index in [1.807, 2.05) is 0 Å². The first-order chi connectivity index (χ1) is 12.4. The highest BCUT2D eigenvalue weighted by molar-refractivity contribution is 5.78. The van der Waals surface area contributed by atoms with Gasteiger partial charge in [0.15, 0.2) is 0 Å². The molecule has 1 amide bonds. The summed E-state index contributed by atoms with van der Waals surface area (Å²) >= 11 is 0. The van der Waals surface area contributed by atoms with Crippen LogP contribution in [0.3, 0.4) is 0 Å². The molecule has 0 heterocycles. The second-order valence-corrected chi connectivity index (χ2v) is 7.90. The highest BCUT2D eigenvalue weighted by Crippen LogP contribution is 2.41. The molecule has 0 unspecified atom stereocenters. The molecule has 2 fully saturated rings. The third-order valence-electron chi connectivity index (χ3n) is 6.26. The van der Waals surface area contributed by atoms with Crippen LogP contribution in [0, 0.1) is 23.7 Å². The maximum atomic E-state index is 12.6. The first kappa shape index (κ1) is 20.7. The van der Waals surface area contributed by atoms with Crippen LogP contribution in [-0.2, 0) is 19.1 Å². The van der Waals surface area contributed by atoms with Gasteiger partial charge in [-0.15, -0.1) is 0 Å². The van der Waals surface area contributed by atoms with Gasteiger partial charge < -0.3 is 14.7 Å². The number of carboxylic acids is 1. The number of carboxylic acid groups (broad SMARTS) is 1. The van der Waals surface area contributed by atoms with Crippen molar-refractivity contribution in [3.05, 3.63) is 0 Å². The molecule has 0 saturated heterocycles. The zero-order valence-electron chi connectivity index (χ0n) is 16.1. The third kappa shape index (κ3) is 5.71. The number of carbonyl (C=O) groups is 3. The summed E-state index contributed by atoms with van der Waals surface area (Å²) in [7, 11) is 1.78. The van der Waals surface area contributed by atoms with Gasteiger partial charge in [0.2, 0.25) is 5.91 Å². The van der Waals surface area contributed by atoms with Crippen LogP contribution in [0.2, 0.25) is 0 Å². The average molecular weight is 367 g/mol. The predicted molar refractivity (Wildman–Crippen MR) is 97.4 cm³/mol. The van der Waals surface area contributed by atoms with Gasteiger partial charge in [0, 0.05) is 19.4 Å². The van der Waals surface area contributed by atoms with Crippen molar-refractivity contribution in [2.75, 3.05) is 20.2 Å². The Morgan fingerprint density at radius 3 is 1.88 bits per heavy atom. The van der Waals surface area contributed by atoms with Crippen molar-refractivity contribution in [1.29, 1.82) is 0 Å². The zero-order chi connectivity index (χ0) is 19.1. The highest BCUT2D eigenvalue weighted by atomic mass is 16.5. The average Bonchev–Trinajstić information content (AvgIpc) is 2.67. The van der Waals surface area contributed by atoms with Crippen LogP contribution in [0.25, 0.3) is 0 Å². The molecule has 6 nitrogen and oxygen atoms in total. The van der Waals surface area contributed by atoms with Crippen LogP contribution in [0.4, 0.5) is 0 Å². The van der Waals surface area contributed by atoms with Crippen molar-refractivity contribution in [2.24, 2.45) is 23.7 Å². The Bertz CT molecular complexity index is 490. The summed E-state index contributed by atoms with van der Waals surface area (Å²) in [6.45, 7) is 2.46. The summed E-state index contributed by atoms with van der Waals surface area (Å²) < 4.78 is 5.05. The van der Waals surface area contributed by atoms with E-state index in [-0.39, 0.29) is 30.3 Å². The number of rotatable bonds is 7. The van der Waals surface area contributed by atoms with Crippen LogP contribution in [0.5, 0.6) is 0 Å². The lowest BCUT2D eigenvalue weighted by Crippen LogP contribution is -2.38. The Hall–Kier alpha value is -1.59. The van der Waals surface area contributed by atoms with Crippen molar-refractivity contribution in [3.63, 3.8) is 0 Å². The van der Waals surface area contributed by atoms with Gasteiger partial charge in [-0.25, -0.2) is 0 Å². The molecule has 6 heteroatoms. The number of nitrogens with zero attached hydrogens (tertiary/aromatic N) is 1. The Kier molecular flexibility index (Phi) is 7.91. The first-order valence-electron chi connectivity index (χ1n) is 10.1. The van der Waals surface area contributed by atoms with Crippen LogP contribution in [-0.4, -0.2) is 48.1 Å². The van der Waals surface area contributed by atoms with Gasteiger partial charge >= 0.3 is 11.9 Å². The normalized spacial score (nSPS) is 29.0. The van der Waals surface area contributed by atoms with Gasteiger partial charge in [-0.05, 0) is 63.2 Å². The van der Waals surface area contributed by atoms with Crippen LogP contribution < -0.4 is 0 Å². The zero-order valence-corrected chi connectivity index (χ0v) is 16.1. The molecular formula is C20H33NO5. The monoisotopic (exact) mass is 367 g/mol. The minimum atomic E-state index is -0.648. The number of hydrogen-bond donors (Lipinski definition) is 1. The molecule has 0 atom stereocenters. The van der Waals surface area contributed by atoms with Crippen molar-refractivity contribution < 1.29 is 24.2 Å². The SMILES string of the molecule is CCC(=O)OCCN(C)C(=O)C1CCC(C2CCC(C(=O)O)CC2)CC1. The summed E-state index contributed by atoms with van der Waals surface area (Å²) in [5.41, 5.74) is 0. The lowest BCUT2D eigenvalue weighted by atomic mass is 9.69. The molecule has 2 aliphatic rings. The maximum Gasteiger partial charge on any atom is 0.306 e. The van der Waals surface area contributed by atoms with Crippen molar-refractivity contribution in [1.82, 2.24) is 4.90 Å². The maximum absolute atomic E-state index is 12.6. The summed E-state index contributed by atoms with van der Waals surface area (Å²) in [6, 6.07) is 0. The Balaban J connectivity index is 1.69. The molecule has 0 spiro atoms. The largest absolute Gasteiger partial charge is 0.481 e. The highest BCUT2D eigenvalue weighted by Gasteiger charge is 2.34. The summed E-state index contributed by atoms with van der Waals surface area (Å²) in [6.07, 6.45) is 7.97. The number of likely N-dealkylation sites (N-methyl/N-ethyl adjacent to an activating group) is 1. The van der Waals surface area contributed by atoms with Crippen LogP contribution in [0.1, 0.15) is 64.7 Å². The standard InChI is InChI=1S/C20H33NO5/c1-3-18(22)26-13-12-21(2)19(23)16-8-4-14(5-9-16)15-6-10-17(11-7-15)20(24)25/h14-17H,3-13H2,1-2H3,(H,24,25). The fourth-order valence-corrected chi connectivity index (χ4v) is 4.50. The smallest absolute Gasteiger partial charge is 0.306 e. The Morgan fingerprint density at radius 2 is 1.42 bits per heavy atom. The van der Waals surface area contributed by atoms with E-state index in [4.69, 9.17) is 9.84 Å². The van der Waals surface area contributed by atoms with E-state index in [0.29, 0.717) is 24.8 Å². The van der Waals surface area contributed by atoms with Gasteiger partial charge in [0.05, 0.1) is 12.5 Å². The fourth-order valence-electron chi connectivity index (χ4n) is 4.50. The predicted octanol–water partition coefficient (Wildman–Crippen LogP) is 3.10. The first-order valence-corrected chi connectivity index (χ1v) is 10.1. The van der Waals surface area contributed by atoms with Crippen molar-refractivity contribution in [2.45, 2.75) is 64.7 Å². The Labute approximate surface area is 156 Å². The molecule has 2 rings (SSSR count). The second-order valence-electron chi connectivity index (χ2n) is 7.90. The van der Waals surface area contributed by atoms with E-state index in [0.717, 1.165) is 51.4 Å². The number of carbonyl (C=O) groups excluding carboxylic acids is 2. The molecule has 0 aromatic heterocycles. The van der Waals surface area contributed by atoms with Gasteiger partial charge in [-0.3, -0.25) is 14.4 Å². The second kappa shape index (κ2) is 9.93. The molecule has 2 saturated carbocycles. The van der Waals surface area contributed by atoms with Crippen molar-refractivity contribution in [3.8, 4) is 0 Å². The van der Waals surface area contributed by atoms with E-state index in [2.05, 4.69) is 0 Å². The lowest BCUT2D eigenvalue weighted by molar-refractivity contribution is -0.146. The number of esters is 1. The summed E-state index contributed by atoms with van der Waals surface area (Å²) in [5, 5.41) is 9.12. The molecule has 0 aromatic carbocycles. The number of hydrogen-bond acceptors (Lipinski definition) is 4. The molecule has 2 aliphatic carbocycles. The van der Waals surface area contributed by atoms with E-state index < -0.39 is 5.97 Å². The summed E-state index contributed by atoms with van der Waals surface area (Å²) in [5.74, 6) is 0.477. The van der Waals surface area contributed by atoms with Crippen molar-refractivity contribution >= 4 is 17.8 Å². The molecule has 148 valence electrons. The van der Waals surface area contributed by atoms with Gasteiger partial charge in [0.1, 0.15) is 6.61 Å². The quantitative estimate of drug-likeness (QED) is 0.699. The third-order valence-corrected chi connectivity index (χ3v) is 6.26. The fraction of sp³-hybridized carbons (Fsp3) is 0.850. The van der Waals surface area contributed by atoms with E-state index >= 15 is 0 Å². The Morgan fingerprint density at radius 1 is 0.923 bits per heavy atom. The molecule has 0 bridgehead atoms. The van der Waals surface area contributed by atoms with Gasteiger partial charge in [-0.1, -0.05) is 6.92 Å². The van der Waals surface area contributed by atoms with E-state index in [1.54, 1.807) is 18.9 Å². The number of aliphatic carboxylic acids is 1. The number of ether oxygens (including phenoxy) is 1. The van der Waals surface area contributed by atoms with Gasteiger partial charge in [-0.2, -0.15) is 0 Å². The van der Waals surface area contributed by atoms with Crippen LogP contribution in [0.15, 0.2) is 0 Å². The van der Waals surface area contributed by atoms with Gasteiger partial charge in [0.25, 0.3) is 0 Å². The molecule has 0 aliphatic heterocycles. The summed E-state index contributed by atoms with van der Waals surface area (Å²) in [4.78, 5) is 36.5. The van der Waals surface area contributed by atoms with E-state index in [9.17, 15) is 14.4 Å². The van der Waals surface area contributed by atoms with E-state index in [1.165, 1.54) is 0 Å².